The highest BCUT2D eigenvalue weighted by atomic mass is 35.5. The van der Waals surface area contributed by atoms with Crippen LogP contribution in [0.4, 0.5) is 17.6 Å². The van der Waals surface area contributed by atoms with Gasteiger partial charge in [-0.15, -0.1) is 0 Å². The van der Waals surface area contributed by atoms with Crippen molar-refractivity contribution >= 4 is 11.6 Å². The molecule has 0 heterocycles. The van der Waals surface area contributed by atoms with Crippen molar-refractivity contribution in [2.45, 2.75) is 12.7 Å². The molecule has 0 aromatic heterocycles. The Morgan fingerprint density at radius 2 is 1.81 bits per heavy atom. The van der Waals surface area contributed by atoms with Crippen molar-refractivity contribution in [2.24, 2.45) is 0 Å². The molecule has 0 radical (unpaired) electrons. The summed E-state index contributed by atoms with van der Waals surface area (Å²) < 4.78 is 51.7. The van der Waals surface area contributed by atoms with Crippen molar-refractivity contribution in [2.75, 3.05) is 7.05 Å². The molecule has 0 spiro atoms. The van der Waals surface area contributed by atoms with Crippen molar-refractivity contribution in [3.63, 3.8) is 0 Å². The molecule has 6 heteroatoms. The molecule has 0 saturated heterocycles. The minimum Gasteiger partial charge on any atom is -0.316 e. The Morgan fingerprint density at radius 3 is 2.43 bits per heavy atom. The molecule has 0 atom stereocenters. The first kappa shape index (κ1) is 15.8. The van der Waals surface area contributed by atoms with E-state index in [0.717, 1.165) is 17.7 Å². The van der Waals surface area contributed by atoms with Crippen LogP contribution in [0.25, 0.3) is 11.1 Å². The lowest BCUT2D eigenvalue weighted by molar-refractivity contribution is -0.139. The highest BCUT2D eigenvalue weighted by molar-refractivity contribution is 6.30. The van der Waals surface area contributed by atoms with Crippen LogP contribution in [0.3, 0.4) is 0 Å². The maximum atomic E-state index is 13.4. The monoisotopic (exact) mass is 317 g/mol. The summed E-state index contributed by atoms with van der Waals surface area (Å²) in [5.74, 6) is -1.29. The molecule has 0 fully saturated rings. The van der Waals surface area contributed by atoms with Gasteiger partial charge in [-0.05, 0) is 48.0 Å². The number of benzene rings is 2. The summed E-state index contributed by atoms with van der Waals surface area (Å²) in [5, 5.41) is 3.34. The zero-order chi connectivity index (χ0) is 15.6. The van der Waals surface area contributed by atoms with Crippen molar-refractivity contribution in [3.8, 4) is 11.1 Å². The average Bonchev–Trinajstić information content (AvgIpc) is 2.40. The summed E-state index contributed by atoms with van der Waals surface area (Å²) in [5.41, 5.74) is 0.316. The Labute approximate surface area is 124 Å². The third-order valence-corrected chi connectivity index (χ3v) is 3.26. The van der Waals surface area contributed by atoms with Crippen molar-refractivity contribution < 1.29 is 17.6 Å². The van der Waals surface area contributed by atoms with Gasteiger partial charge in [0.1, 0.15) is 5.82 Å². The fraction of sp³-hybridized carbons (Fsp3) is 0.200. The lowest BCUT2D eigenvalue weighted by atomic mass is 9.97. The molecule has 21 heavy (non-hydrogen) atoms. The SMILES string of the molecule is CNCc1ccc(Cl)cc1-c1ccc(F)c(C(F)(F)F)c1. The van der Waals surface area contributed by atoms with Crippen LogP contribution in [-0.4, -0.2) is 7.05 Å². The van der Waals surface area contributed by atoms with Gasteiger partial charge in [-0.25, -0.2) is 4.39 Å². The third kappa shape index (κ3) is 3.54. The van der Waals surface area contributed by atoms with E-state index >= 15 is 0 Å². The first-order valence-electron chi connectivity index (χ1n) is 6.13. The average molecular weight is 318 g/mol. The normalized spacial score (nSPS) is 11.7. The molecule has 1 nitrogen and oxygen atoms in total. The molecule has 2 aromatic rings. The van der Waals surface area contributed by atoms with E-state index in [1.807, 2.05) is 0 Å². The summed E-state index contributed by atoms with van der Waals surface area (Å²) >= 11 is 5.91. The molecule has 0 saturated carbocycles. The Morgan fingerprint density at radius 1 is 1.10 bits per heavy atom. The molecular formula is C15H12ClF4N. The Hall–Kier alpha value is -1.59. The molecule has 0 bridgehead atoms. The molecule has 1 N–H and O–H groups in total. The number of rotatable bonds is 3. The smallest absolute Gasteiger partial charge is 0.316 e. The number of hydrogen-bond acceptors (Lipinski definition) is 1. The quantitative estimate of drug-likeness (QED) is 0.795. The maximum Gasteiger partial charge on any atom is 0.419 e. The second-order valence-electron chi connectivity index (χ2n) is 4.52. The van der Waals surface area contributed by atoms with Crippen LogP contribution in [0.15, 0.2) is 36.4 Å². The van der Waals surface area contributed by atoms with Gasteiger partial charge in [0, 0.05) is 11.6 Å². The van der Waals surface area contributed by atoms with Gasteiger partial charge in [-0.3, -0.25) is 0 Å². The number of hydrogen-bond donors (Lipinski definition) is 1. The summed E-state index contributed by atoms with van der Waals surface area (Å²) in [6, 6.07) is 7.90. The summed E-state index contributed by atoms with van der Waals surface area (Å²) in [7, 11) is 1.73. The van der Waals surface area contributed by atoms with Gasteiger partial charge < -0.3 is 5.32 Å². The van der Waals surface area contributed by atoms with Gasteiger partial charge in [0.2, 0.25) is 0 Å². The van der Waals surface area contributed by atoms with Gasteiger partial charge in [-0.1, -0.05) is 23.7 Å². The maximum absolute atomic E-state index is 13.4. The topological polar surface area (TPSA) is 12.0 Å². The van der Waals surface area contributed by atoms with Gasteiger partial charge in [-0.2, -0.15) is 13.2 Å². The molecule has 2 rings (SSSR count). The van der Waals surface area contributed by atoms with E-state index in [-0.39, 0.29) is 5.56 Å². The lowest BCUT2D eigenvalue weighted by Gasteiger charge is -2.13. The lowest BCUT2D eigenvalue weighted by Crippen LogP contribution is -2.09. The van der Waals surface area contributed by atoms with Crippen LogP contribution in [0.5, 0.6) is 0 Å². The fourth-order valence-corrected chi connectivity index (χ4v) is 2.24. The van der Waals surface area contributed by atoms with Crippen LogP contribution < -0.4 is 5.32 Å². The van der Waals surface area contributed by atoms with Gasteiger partial charge in [0.05, 0.1) is 5.56 Å². The molecular weight excluding hydrogens is 306 g/mol. The van der Waals surface area contributed by atoms with E-state index < -0.39 is 17.6 Å². The Balaban J connectivity index is 2.59. The number of halogens is 5. The van der Waals surface area contributed by atoms with E-state index in [4.69, 9.17) is 11.6 Å². The highest BCUT2D eigenvalue weighted by Crippen LogP contribution is 2.35. The van der Waals surface area contributed by atoms with Crippen LogP contribution >= 0.6 is 11.6 Å². The van der Waals surface area contributed by atoms with Crippen LogP contribution in [-0.2, 0) is 12.7 Å². The van der Waals surface area contributed by atoms with Crippen molar-refractivity contribution in [3.05, 3.63) is 58.4 Å². The number of alkyl halides is 3. The molecule has 112 valence electrons. The van der Waals surface area contributed by atoms with Crippen LogP contribution in [0.2, 0.25) is 5.02 Å². The van der Waals surface area contributed by atoms with Crippen molar-refractivity contribution in [1.29, 1.82) is 0 Å². The van der Waals surface area contributed by atoms with Crippen LogP contribution in [0, 0.1) is 5.82 Å². The van der Waals surface area contributed by atoms with E-state index in [2.05, 4.69) is 5.32 Å². The van der Waals surface area contributed by atoms with Gasteiger partial charge >= 0.3 is 6.18 Å². The summed E-state index contributed by atoms with van der Waals surface area (Å²) in [6.45, 7) is 0.464. The fourth-order valence-electron chi connectivity index (χ4n) is 2.07. The van der Waals surface area contributed by atoms with E-state index in [1.54, 1.807) is 25.2 Å². The predicted octanol–water partition coefficient (Wildman–Crippen LogP) is 4.88. The van der Waals surface area contributed by atoms with Crippen LogP contribution in [0.1, 0.15) is 11.1 Å². The first-order valence-corrected chi connectivity index (χ1v) is 6.51. The molecule has 0 amide bonds. The molecule has 0 unspecified atom stereocenters. The zero-order valence-corrected chi connectivity index (χ0v) is 11.8. The second-order valence-corrected chi connectivity index (χ2v) is 4.96. The molecule has 0 aliphatic carbocycles. The van der Waals surface area contributed by atoms with E-state index in [9.17, 15) is 17.6 Å². The molecule has 0 aliphatic heterocycles. The van der Waals surface area contributed by atoms with E-state index in [1.165, 1.54) is 6.07 Å². The predicted molar refractivity (Wildman–Crippen MR) is 74.6 cm³/mol. The minimum atomic E-state index is -4.73. The molecule has 0 aliphatic rings. The zero-order valence-electron chi connectivity index (χ0n) is 11.1. The van der Waals surface area contributed by atoms with Crippen molar-refractivity contribution in [1.82, 2.24) is 5.32 Å². The van der Waals surface area contributed by atoms with Gasteiger partial charge in [0.25, 0.3) is 0 Å². The standard InChI is InChI=1S/C15H12ClF4N/c1-21-8-10-2-4-11(16)7-12(10)9-3-5-14(17)13(6-9)15(18,19)20/h2-7,21H,8H2,1H3. The van der Waals surface area contributed by atoms with Gasteiger partial charge in [0.15, 0.2) is 0 Å². The van der Waals surface area contributed by atoms with E-state index in [0.29, 0.717) is 17.1 Å². The summed E-state index contributed by atoms with van der Waals surface area (Å²) in [4.78, 5) is 0. The molecule has 2 aromatic carbocycles. The number of nitrogens with one attached hydrogen (secondary N) is 1. The Kier molecular flexibility index (Phi) is 4.54. The highest BCUT2D eigenvalue weighted by Gasteiger charge is 2.34. The third-order valence-electron chi connectivity index (χ3n) is 3.02. The summed E-state index contributed by atoms with van der Waals surface area (Å²) in [6.07, 6.45) is -4.73. The largest absolute Gasteiger partial charge is 0.419 e. The second kappa shape index (κ2) is 6.03. The minimum absolute atomic E-state index is 0.275. The first-order chi connectivity index (χ1) is 9.82. The Bertz CT molecular complexity index is 653.